The van der Waals surface area contributed by atoms with Gasteiger partial charge in [0, 0.05) is 28.7 Å². The van der Waals surface area contributed by atoms with Crippen LogP contribution in [0, 0.1) is 5.41 Å². The number of nitrogen functional groups attached to an aromatic ring is 2. The van der Waals surface area contributed by atoms with Crippen LogP contribution in [0.1, 0.15) is 20.3 Å². The summed E-state index contributed by atoms with van der Waals surface area (Å²) in [6, 6.07) is 18.5. The summed E-state index contributed by atoms with van der Waals surface area (Å²) in [5.41, 5.74) is 14.7. The van der Waals surface area contributed by atoms with Gasteiger partial charge < -0.3 is 30.4 Å². The fourth-order valence-corrected chi connectivity index (χ4v) is 4.35. The van der Waals surface area contributed by atoms with Crippen LogP contribution in [0.5, 0.6) is 23.3 Å². The van der Waals surface area contributed by atoms with E-state index >= 15 is 0 Å². The smallest absolute Gasteiger partial charge is 0.224 e. The maximum atomic E-state index is 6.20. The highest BCUT2D eigenvalue weighted by Gasteiger charge is 2.24. The van der Waals surface area contributed by atoms with Gasteiger partial charge in [0.1, 0.15) is 23.0 Å². The summed E-state index contributed by atoms with van der Waals surface area (Å²) >= 11 is 0. The standard InChI is InChI=1S/C30H30N6O4/c1-30(2)16-22(39-26-14-24(33-28(31)35-26)18-5-9-20(37-3)10-6-18)13-23(17-30)40-27-15-25(34-29(32)36-27)19-7-11-21(38-4)12-8-19/h5-12,14-17H,13H2,1-4H3,(H2,31,33,35)(H2,32,34,36). The fourth-order valence-electron chi connectivity index (χ4n) is 4.35. The predicted octanol–water partition coefficient (Wildman–Crippen LogP) is 5.44. The van der Waals surface area contributed by atoms with Gasteiger partial charge in [-0.2, -0.15) is 9.97 Å². The number of nitrogens with zero attached hydrogens (tertiary/aromatic N) is 4. The minimum absolute atomic E-state index is 0.105. The first-order chi connectivity index (χ1) is 19.2. The lowest BCUT2D eigenvalue weighted by molar-refractivity contribution is 0.323. The quantitative estimate of drug-likeness (QED) is 0.298. The monoisotopic (exact) mass is 538 g/mol. The number of methoxy groups -OCH3 is 2. The van der Waals surface area contributed by atoms with Crippen molar-refractivity contribution in [2.24, 2.45) is 5.41 Å². The molecular formula is C30H30N6O4. The lowest BCUT2D eigenvalue weighted by Crippen LogP contribution is -2.17. The Morgan fingerprint density at radius 3 is 1.40 bits per heavy atom. The molecule has 4 N–H and O–H groups in total. The third kappa shape index (κ3) is 6.29. The van der Waals surface area contributed by atoms with Crippen LogP contribution in [0.25, 0.3) is 22.5 Å². The molecule has 0 saturated carbocycles. The first-order valence-electron chi connectivity index (χ1n) is 12.6. The van der Waals surface area contributed by atoms with Crippen LogP contribution in [0.3, 0.4) is 0 Å². The molecule has 0 spiro atoms. The van der Waals surface area contributed by atoms with Gasteiger partial charge in [-0.15, -0.1) is 0 Å². The Kier molecular flexibility index (Phi) is 7.24. The molecule has 0 atom stereocenters. The van der Waals surface area contributed by atoms with Crippen molar-refractivity contribution in [3.63, 3.8) is 0 Å². The number of nitrogens with two attached hydrogens (primary N) is 2. The second-order valence-electron chi connectivity index (χ2n) is 9.78. The van der Waals surface area contributed by atoms with E-state index in [0.717, 1.165) is 22.6 Å². The molecule has 0 radical (unpaired) electrons. The van der Waals surface area contributed by atoms with Crippen molar-refractivity contribution in [3.8, 4) is 45.8 Å². The van der Waals surface area contributed by atoms with E-state index in [1.165, 1.54) is 0 Å². The number of allylic oxidation sites excluding steroid dienone is 2. The van der Waals surface area contributed by atoms with Crippen molar-refractivity contribution in [1.82, 2.24) is 19.9 Å². The largest absolute Gasteiger partial charge is 0.497 e. The molecular weight excluding hydrogens is 508 g/mol. The third-order valence-corrected chi connectivity index (χ3v) is 6.10. The normalized spacial score (nSPS) is 14.1. The van der Waals surface area contributed by atoms with E-state index < -0.39 is 0 Å². The van der Waals surface area contributed by atoms with E-state index in [0.29, 0.717) is 41.1 Å². The number of anilines is 2. The molecule has 2 aromatic carbocycles. The van der Waals surface area contributed by atoms with E-state index in [1.807, 2.05) is 74.5 Å². The van der Waals surface area contributed by atoms with E-state index in [2.05, 4.69) is 19.9 Å². The Balaban J connectivity index is 1.35. The van der Waals surface area contributed by atoms with Gasteiger partial charge >= 0.3 is 0 Å². The molecule has 10 heteroatoms. The molecule has 1 aliphatic rings. The summed E-state index contributed by atoms with van der Waals surface area (Å²) in [7, 11) is 3.24. The van der Waals surface area contributed by atoms with Gasteiger partial charge in [-0.1, -0.05) is 13.8 Å². The second-order valence-corrected chi connectivity index (χ2v) is 9.78. The highest BCUT2D eigenvalue weighted by Crippen LogP contribution is 2.35. The number of hydrogen-bond acceptors (Lipinski definition) is 10. The molecule has 4 aromatic rings. The Labute approximate surface area is 232 Å². The average Bonchev–Trinajstić information content (AvgIpc) is 2.91. The molecule has 0 bridgehead atoms. The molecule has 5 rings (SSSR count). The van der Waals surface area contributed by atoms with Gasteiger partial charge in [-0.05, 0) is 60.7 Å². The fraction of sp³-hybridized carbons (Fsp3) is 0.200. The van der Waals surface area contributed by atoms with E-state index in [-0.39, 0.29) is 17.3 Å². The molecule has 2 heterocycles. The zero-order chi connectivity index (χ0) is 28.3. The molecule has 2 aromatic heterocycles. The van der Waals surface area contributed by atoms with Gasteiger partial charge in [-0.25, -0.2) is 9.97 Å². The zero-order valence-corrected chi connectivity index (χ0v) is 22.7. The minimum Gasteiger partial charge on any atom is -0.497 e. The summed E-state index contributed by atoms with van der Waals surface area (Å²) < 4.78 is 22.9. The topological polar surface area (TPSA) is 141 Å². The molecule has 0 fully saturated rings. The van der Waals surface area contributed by atoms with Gasteiger partial charge in [-0.3, -0.25) is 0 Å². The minimum atomic E-state index is -0.363. The third-order valence-electron chi connectivity index (χ3n) is 6.10. The van der Waals surface area contributed by atoms with Gasteiger partial charge in [0.15, 0.2) is 0 Å². The van der Waals surface area contributed by atoms with Crippen LogP contribution < -0.4 is 30.4 Å². The van der Waals surface area contributed by atoms with Gasteiger partial charge in [0.25, 0.3) is 0 Å². The lowest BCUT2D eigenvalue weighted by Gasteiger charge is -2.25. The predicted molar refractivity (Wildman–Crippen MR) is 153 cm³/mol. The van der Waals surface area contributed by atoms with Crippen molar-refractivity contribution in [3.05, 3.63) is 84.3 Å². The first kappa shape index (κ1) is 26.5. The lowest BCUT2D eigenvalue weighted by atomic mass is 9.87. The van der Waals surface area contributed by atoms with Crippen molar-refractivity contribution >= 4 is 11.9 Å². The maximum absolute atomic E-state index is 6.20. The Bertz CT molecular complexity index is 1460. The van der Waals surface area contributed by atoms with Crippen LogP contribution in [0.4, 0.5) is 11.9 Å². The molecule has 0 amide bonds. The highest BCUT2D eigenvalue weighted by atomic mass is 16.5. The van der Waals surface area contributed by atoms with Gasteiger partial charge in [0.05, 0.1) is 32.0 Å². The van der Waals surface area contributed by atoms with Crippen LogP contribution in [-0.2, 0) is 0 Å². The van der Waals surface area contributed by atoms with Crippen molar-refractivity contribution in [1.29, 1.82) is 0 Å². The van der Waals surface area contributed by atoms with Crippen molar-refractivity contribution < 1.29 is 18.9 Å². The van der Waals surface area contributed by atoms with Crippen LogP contribution in [0.2, 0.25) is 0 Å². The van der Waals surface area contributed by atoms with Crippen molar-refractivity contribution in [2.75, 3.05) is 25.7 Å². The molecule has 40 heavy (non-hydrogen) atoms. The van der Waals surface area contributed by atoms with E-state index in [9.17, 15) is 0 Å². The van der Waals surface area contributed by atoms with Crippen molar-refractivity contribution in [2.45, 2.75) is 20.3 Å². The Morgan fingerprint density at radius 1 is 0.625 bits per heavy atom. The number of hydrogen-bond donors (Lipinski definition) is 2. The number of aromatic nitrogens is 4. The van der Waals surface area contributed by atoms with Gasteiger partial charge in [0.2, 0.25) is 23.7 Å². The SMILES string of the molecule is COc1ccc(-c2cc(OC3=CC(C)(C)C=C(Oc4cc(-c5ccc(OC)cc5)nc(N)n4)C3)nc(N)n2)cc1. The van der Waals surface area contributed by atoms with Crippen LogP contribution in [-0.4, -0.2) is 34.2 Å². The van der Waals surface area contributed by atoms with E-state index in [4.69, 9.17) is 30.4 Å². The average molecular weight is 539 g/mol. The molecule has 204 valence electrons. The molecule has 10 nitrogen and oxygen atoms in total. The maximum Gasteiger partial charge on any atom is 0.224 e. The second kappa shape index (κ2) is 10.9. The zero-order valence-electron chi connectivity index (χ0n) is 22.7. The summed E-state index contributed by atoms with van der Waals surface area (Å²) in [4.78, 5) is 17.3. The number of rotatable bonds is 8. The van der Waals surface area contributed by atoms with Crippen LogP contribution in [0.15, 0.2) is 84.3 Å². The molecule has 1 aliphatic carbocycles. The Morgan fingerprint density at radius 2 is 1.02 bits per heavy atom. The van der Waals surface area contributed by atoms with Crippen LogP contribution >= 0.6 is 0 Å². The summed E-state index contributed by atoms with van der Waals surface area (Å²) in [6.07, 6.45) is 4.40. The summed E-state index contributed by atoms with van der Waals surface area (Å²) in [5, 5.41) is 0. The van der Waals surface area contributed by atoms with E-state index in [1.54, 1.807) is 26.4 Å². The Hall–Kier alpha value is -5.12. The molecule has 0 aliphatic heterocycles. The highest BCUT2D eigenvalue weighted by molar-refractivity contribution is 5.63. The first-order valence-corrected chi connectivity index (χ1v) is 12.6. The summed E-state index contributed by atoms with van der Waals surface area (Å²) in [5.74, 6) is 3.67. The molecule has 0 unspecified atom stereocenters. The molecule has 0 saturated heterocycles. The number of ether oxygens (including phenoxy) is 4. The summed E-state index contributed by atoms with van der Waals surface area (Å²) in [6.45, 7) is 4.10. The number of benzene rings is 2.